The van der Waals surface area contributed by atoms with Crippen molar-refractivity contribution >= 4 is 5.69 Å². The number of nitro benzene ring substituents is 1. The Balaban J connectivity index is 1.80. The summed E-state index contributed by atoms with van der Waals surface area (Å²) in [5.41, 5.74) is 1.76. The zero-order valence-corrected chi connectivity index (χ0v) is 12.3. The first kappa shape index (κ1) is 14.9. The van der Waals surface area contributed by atoms with Crippen LogP contribution in [0.4, 0.5) is 5.69 Å². The molecule has 0 radical (unpaired) electrons. The third kappa shape index (κ3) is 3.24. The van der Waals surface area contributed by atoms with Gasteiger partial charge in [-0.1, -0.05) is 18.2 Å². The summed E-state index contributed by atoms with van der Waals surface area (Å²) in [6, 6.07) is 14.0. The second-order valence-corrected chi connectivity index (χ2v) is 5.21. The summed E-state index contributed by atoms with van der Waals surface area (Å²) >= 11 is 0. The molecule has 0 amide bonds. The van der Waals surface area contributed by atoms with Crippen LogP contribution >= 0.6 is 0 Å². The second kappa shape index (κ2) is 6.36. The minimum Gasteiger partial charge on any atom is -0.486 e. The summed E-state index contributed by atoms with van der Waals surface area (Å²) in [6.45, 7) is 1.02. The molecule has 1 unspecified atom stereocenters. The van der Waals surface area contributed by atoms with Gasteiger partial charge >= 0.3 is 0 Å². The van der Waals surface area contributed by atoms with Gasteiger partial charge in [-0.2, -0.15) is 5.26 Å². The average molecular weight is 310 g/mol. The maximum absolute atomic E-state index is 10.7. The van der Waals surface area contributed by atoms with E-state index in [4.69, 9.17) is 9.47 Å². The molecule has 1 aliphatic rings. The summed E-state index contributed by atoms with van der Waals surface area (Å²) in [4.78, 5) is 10.2. The van der Waals surface area contributed by atoms with Crippen molar-refractivity contribution in [1.82, 2.24) is 0 Å². The summed E-state index contributed by atoms with van der Waals surface area (Å²) < 4.78 is 11.0. The zero-order chi connectivity index (χ0) is 16.2. The fourth-order valence-electron chi connectivity index (χ4n) is 2.50. The molecule has 0 aliphatic carbocycles. The van der Waals surface area contributed by atoms with E-state index in [0.29, 0.717) is 31.1 Å². The van der Waals surface area contributed by atoms with Gasteiger partial charge in [0, 0.05) is 12.1 Å². The highest BCUT2D eigenvalue weighted by Gasteiger charge is 2.17. The highest BCUT2D eigenvalue weighted by Crippen LogP contribution is 2.34. The smallest absolute Gasteiger partial charge is 0.269 e. The molecule has 0 saturated heterocycles. The van der Waals surface area contributed by atoms with E-state index in [1.807, 2.05) is 18.2 Å². The molecular formula is C17H14N2O4. The van der Waals surface area contributed by atoms with E-state index in [1.165, 1.54) is 12.1 Å². The van der Waals surface area contributed by atoms with Gasteiger partial charge in [-0.15, -0.1) is 0 Å². The Kier molecular flexibility index (Phi) is 4.11. The monoisotopic (exact) mass is 310 g/mol. The van der Waals surface area contributed by atoms with Crippen molar-refractivity contribution < 1.29 is 14.4 Å². The zero-order valence-electron chi connectivity index (χ0n) is 12.3. The number of rotatable bonds is 4. The quantitative estimate of drug-likeness (QED) is 0.639. The fourth-order valence-corrected chi connectivity index (χ4v) is 2.50. The van der Waals surface area contributed by atoms with E-state index in [1.54, 1.807) is 12.1 Å². The van der Waals surface area contributed by atoms with Crippen LogP contribution in [0.25, 0.3) is 0 Å². The van der Waals surface area contributed by atoms with E-state index in [9.17, 15) is 15.4 Å². The molecule has 1 atom stereocenters. The van der Waals surface area contributed by atoms with Gasteiger partial charge < -0.3 is 9.47 Å². The first-order valence-electron chi connectivity index (χ1n) is 7.20. The number of nitrogens with zero attached hydrogens (tertiary/aromatic N) is 2. The van der Waals surface area contributed by atoms with Gasteiger partial charge in [-0.05, 0) is 29.7 Å². The molecule has 23 heavy (non-hydrogen) atoms. The molecule has 0 spiro atoms. The molecule has 0 saturated carbocycles. The van der Waals surface area contributed by atoms with Crippen LogP contribution in [-0.4, -0.2) is 18.1 Å². The lowest BCUT2D eigenvalue weighted by Crippen LogP contribution is -2.15. The van der Waals surface area contributed by atoms with E-state index in [0.717, 1.165) is 11.1 Å². The Morgan fingerprint density at radius 1 is 1.13 bits per heavy atom. The van der Waals surface area contributed by atoms with Crippen LogP contribution in [-0.2, 0) is 6.42 Å². The number of nitriles is 1. The van der Waals surface area contributed by atoms with Crippen LogP contribution < -0.4 is 9.47 Å². The van der Waals surface area contributed by atoms with Crippen molar-refractivity contribution in [3.63, 3.8) is 0 Å². The van der Waals surface area contributed by atoms with Crippen LogP contribution in [0.15, 0.2) is 42.5 Å². The number of hydrogen-bond acceptors (Lipinski definition) is 5. The lowest BCUT2D eigenvalue weighted by molar-refractivity contribution is -0.384. The highest BCUT2D eigenvalue weighted by molar-refractivity contribution is 5.46. The Labute approximate surface area is 133 Å². The van der Waals surface area contributed by atoms with Crippen molar-refractivity contribution in [2.45, 2.75) is 12.3 Å². The van der Waals surface area contributed by atoms with E-state index < -0.39 is 4.92 Å². The first-order valence-corrected chi connectivity index (χ1v) is 7.20. The fraction of sp³-hybridized carbons (Fsp3) is 0.235. The Bertz CT molecular complexity index is 765. The number of fused-ring (bicyclic) bond motifs is 1. The number of ether oxygens (including phenoxy) is 2. The van der Waals surface area contributed by atoms with Gasteiger partial charge in [0.05, 0.1) is 16.9 Å². The van der Waals surface area contributed by atoms with Crippen molar-refractivity contribution in [3.8, 4) is 17.6 Å². The minimum atomic E-state index is -0.438. The molecular weight excluding hydrogens is 296 g/mol. The van der Waals surface area contributed by atoms with Crippen molar-refractivity contribution in [2.24, 2.45) is 0 Å². The summed E-state index contributed by atoms with van der Waals surface area (Å²) in [5, 5.41) is 20.1. The Morgan fingerprint density at radius 2 is 1.83 bits per heavy atom. The molecule has 2 aromatic rings. The minimum absolute atomic E-state index is 0.0431. The maximum atomic E-state index is 10.7. The number of nitro groups is 1. The number of non-ortho nitro benzene ring substituents is 1. The topological polar surface area (TPSA) is 85.4 Å². The molecule has 1 aliphatic heterocycles. The van der Waals surface area contributed by atoms with Crippen molar-refractivity contribution in [3.05, 3.63) is 63.7 Å². The van der Waals surface area contributed by atoms with Gasteiger partial charge in [-0.25, -0.2) is 0 Å². The van der Waals surface area contributed by atoms with Crippen molar-refractivity contribution in [1.29, 1.82) is 5.26 Å². The normalized spacial score (nSPS) is 13.9. The Morgan fingerprint density at radius 3 is 2.48 bits per heavy atom. The molecule has 0 fully saturated rings. The molecule has 0 bridgehead atoms. The van der Waals surface area contributed by atoms with Gasteiger partial charge in [0.1, 0.15) is 13.2 Å². The highest BCUT2D eigenvalue weighted by atomic mass is 16.6. The van der Waals surface area contributed by atoms with Gasteiger partial charge in [0.15, 0.2) is 11.5 Å². The van der Waals surface area contributed by atoms with Crippen LogP contribution in [0, 0.1) is 21.4 Å². The predicted octanol–water partition coefficient (Wildman–Crippen LogP) is 3.22. The van der Waals surface area contributed by atoms with Crippen molar-refractivity contribution in [2.75, 3.05) is 13.2 Å². The van der Waals surface area contributed by atoms with Gasteiger partial charge in [0.2, 0.25) is 0 Å². The lowest BCUT2D eigenvalue weighted by atomic mass is 9.93. The molecule has 2 aromatic carbocycles. The maximum Gasteiger partial charge on any atom is 0.269 e. The summed E-state index contributed by atoms with van der Waals surface area (Å²) in [7, 11) is 0. The molecule has 6 heteroatoms. The Hall–Kier alpha value is -3.07. The standard InChI is InChI=1S/C17H14N2O4/c18-11-14(9-12-1-4-15(5-2-12)19(20)21)13-3-6-16-17(10-13)23-8-7-22-16/h1-6,10,14H,7-9H2. The second-order valence-electron chi connectivity index (χ2n) is 5.21. The molecule has 116 valence electrons. The number of benzene rings is 2. The third-order valence-corrected chi connectivity index (χ3v) is 3.71. The molecule has 0 N–H and O–H groups in total. The lowest BCUT2D eigenvalue weighted by Gasteiger charge is -2.20. The van der Waals surface area contributed by atoms with Crippen LogP contribution in [0.2, 0.25) is 0 Å². The molecule has 3 rings (SSSR count). The first-order chi connectivity index (χ1) is 11.2. The van der Waals surface area contributed by atoms with Crippen LogP contribution in [0.1, 0.15) is 17.0 Å². The molecule has 1 heterocycles. The largest absolute Gasteiger partial charge is 0.486 e. The summed E-state index contributed by atoms with van der Waals surface area (Å²) in [5.74, 6) is 0.983. The SMILES string of the molecule is N#CC(Cc1ccc([N+](=O)[O-])cc1)c1ccc2c(c1)OCCO2. The van der Waals surface area contributed by atoms with E-state index in [-0.39, 0.29) is 11.6 Å². The van der Waals surface area contributed by atoms with Gasteiger partial charge in [0.25, 0.3) is 5.69 Å². The van der Waals surface area contributed by atoms with E-state index >= 15 is 0 Å². The summed E-state index contributed by atoms with van der Waals surface area (Å²) in [6.07, 6.45) is 0.480. The predicted molar refractivity (Wildman–Crippen MR) is 82.6 cm³/mol. The van der Waals surface area contributed by atoms with Crippen LogP contribution in [0.5, 0.6) is 11.5 Å². The molecule has 0 aromatic heterocycles. The van der Waals surface area contributed by atoms with Gasteiger partial charge in [-0.3, -0.25) is 10.1 Å². The molecule has 6 nitrogen and oxygen atoms in total. The third-order valence-electron chi connectivity index (χ3n) is 3.71. The van der Waals surface area contributed by atoms with E-state index in [2.05, 4.69) is 6.07 Å². The average Bonchev–Trinajstić information content (AvgIpc) is 2.59. The number of hydrogen-bond donors (Lipinski definition) is 0. The van der Waals surface area contributed by atoms with Crippen LogP contribution in [0.3, 0.4) is 0 Å².